The topological polar surface area (TPSA) is 195 Å². The van der Waals surface area contributed by atoms with Gasteiger partial charge < -0.3 is 31.3 Å². The van der Waals surface area contributed by atoms with E-state index >= 15 is 0 Å². The minimum absolute atomic E-state index is 0.187. The SMILES string of the molecule is NC1C=CC(CO)C1.O=C(O)C(O)(C(=O)c1ccccc1)C(O)(C(=O)O)C(=O)c1ccccc1. The van der Waals surface area contributed by atoms with Crippen molar-refractivity contribution in [2.75, 3.05) is 6.61 Å². The van der Waals surface area contributed by atoms with E-state index in [0.717, 1.165) is 30.7 Å². The number of carboxylic acid groups (broad SMARTS) is 2. The van der Waals surface area contributed by atoms with Crippen LogP contribution >= 0.6 is 0 Å². The van der Waals surface area contributed by atoms with E-state index in [4.69, 9.17) is 10.8 Å². The van der Waals surface area contributed by atoms with Crippen LogP contribution in [0, 0.1) is 5.92 Å². The highest BCUT2D eigenvalue weighted by atomic mass is 16.5. The zero-order chi connectivity index (χ0) is 25.5. The average molecular weight is 471 g/mol. The summed E-state index contributed by atoms with van der Waals surface area (Å²) in [6, 6.07) is 13.0. The van der Waals surface area contributed by atoms with E-state index in [1.54, 1.807) is 0 Å². The number of Topliss-reactive ketones (excluding diaryl/α,β-unsaturated/α-hetero) is 2. The Morgan fingerprint density at radius 3 is 1.38 bits per heavy atom. The van der Waals surface area contributed by atoms with Crippen molar-refractivity contribution in [3.8, 4) is 0 Å². The summed E-state index contributed by atoms with van der Waals surface area (Å²) in [7, 11) is 0. The van der Waals surface area contributed by atoms with Gasteiger partial charge in [-0.25, -0.2) is 9.59 Å². The first-order valence-corrected chi connectivity index (χ1v) is 10.2. The van der Waals surface area contributed by atoms with Gasteiger partial charge in [-0.15, -0.1) is 0 Å². The van der Waals surface area contributed by atoms with E-state index in [9.17, 15) is 39.6 Å². The molecule has 4 atom stereocenters. The normalized spacial score (nSPS) is 20.2. The molecule has 0 spiro atoms. The second kappa shape index (κ2) is 10.9. The van der Waals surface area contributed by atoms with Gasteiger partial charge in [-0.2, -0.15) is 0 Å². The van der Waals surface area contributed by atoms with Gasteiger partial charge in [0, 0.05) is 29.7 Å². The van der Waals surface area contributed by atoms with Gasteiger partial charge in [-0.05, 0) is 6.42 Å². The summed E-state index contributed by atoms with van der Waals surface area (Å²) in [4.78, 5) is 48.5. The minimum atomic E-state index is -3.95. The van der Waals surface area contributed by atoms with Gasteiger partial charge >= 0.3 is 11.9 Å². The van der Waals surface area contributed by atoms with Crippen molar-refractivity contribution in [3.05, 3.63) is 83.9 Å². The molecule has 2 aromatic carbocycles. The molecule has 4 unspecified atom stereocenters. The molecule has 1 aliphatic rings. The van der Waals surface area contributed by atoms with Gasteiger partial charge in [0.15, 0.2) is 0 Å². The number of rotatable bonds is 8. The molecule has 34 heavy (non-hydrogen) atoms. The molecule has 1 aliphatic carbocycles. The molecule has 2 aromatic rings. The Kier molecular flexibility index (Phi) is 8.55. The number of hydrogen-bond acceptors (Lipinski definition) is 8. The van der Waals surface area contributed by atoms with Crippen LogP contribution < -0.4 is 5.73 Å². The summed E-state index contributed by atoms with van der Waals surface area (Å²) in [5.41, 5.74) is -3.18. The van der Waals surface area contributed by atoms with Crippen molar-refractivity contribution in [1.29, 1.82) is 0 Å². The monoisotopic (exact) mass is 471 g/mol. The number of aliphatic hydroxyl groups is 3. The maximum absolute atomic E-state index is 12.6. The van der Waals surface area contributed by atoms with Crippen molar-refractivity contribution in [2.45, 2.75) is 23.7 Å². The highest BCUT2D eigenvalue weighted by molar-refractivity contribution is 6.28. The molecule has 0 saturated heterocycles. The molecule has 10 heteroatoms. The second-order valence-electron chi connectivity index (χ2n) is 7.65. The smallest absolute Gasteiger partial charge is 0.348 e. The summed E-state index contributed by atoms with van der Waals surface area (Å²) in [5.74, 6) is -7.70. The number of nitrogens with two attached hydrogens (primary N) is 1. The third-order valence-corrected chi connectivity index (χ3v) is 5.31. The van der Waals surface area contributed by atoms with Crippen LogP contribution in [0.15, 0.2) is 72.8 Å². The van der Waals surface area contributed by atoms with E-state index in [0.29, 0.717) is 5.92 Å². The van der Waals surface area contributed by atoms with Crippen LogP contribution in [0.25, 0.3) is 0 Å². The first-order chi connectivity index (χ1) is 16.0. The number of ketones is 2. The molecule has 0 heterocycles. The zero-order valence-corrected chi connectivity index (χ0v) is 17.9. The maximum atomic E-state index is 12.6. The Morgan fingerprint density at radius 2 is 1.15 bits per heavy atom. The number of carboxylic acids is 2. The Hall–Kier alpha value is -3.70. The summed E-state index contributed by atoms with van der Waals surface area (Å²) in [6.45, 7) is 0.240. The molecule has 0 fully saturated rings. The third kappa shape index (κ3) is 5.10. The Bertz CT molecular complexity index is 997. The predicted molar refractivity (Wildman–Crippen MR) is 119 cm³/mol. The molecule has 0 amide bonds. The quantitative estimate of drug-likeness (QED) is 0.177. The molecule has 0 bridgehead atoms. The minimum Gasteiger partial charge on any atom is -0.479 e. The molecular weight excluding hydrogens is 446 g/mol. The van der Waals surface area contributed by atoms with E-state index < -0.39 is 45.8 Å². The zero-order valence-electron chi connectivity index (χ0n) is 17.9. The van der Waals surface area contributed by atoms with E-state index in [1.165, 1.54) is 36.4 Å². The summed E-state index contributed by atoms with van der Waals surface area (Å²) in [6.07, 6.45) is 4.84. The summed E-state index contributed by atoms with van der Waals surface area (Å²) < 4.78 is 0. The lowest BCUT2D eigenvalue weighted by Gasteiger charge is -2.34. The second-order valence-corrected chi connectivity index (χ2v) is 7.65. The van der Waals surface area contributed by atoms with Crippen LogP contribution in [0.3, 0.4) is 0 Å². The fourth-order valence-electron chi connectivity index (χ4n) is 3.37. The molecule has 10 nitrogen and oxygen atoms in total. The first kappa shape index (κ1) is 26.6. The molecule has 0 aromatic heterocycles. The summed E-state index contributed by atoms with van der Waals surface area (Å²) >= 11 is 0. The fraction of sp³-hybridized carbons (Fsp3) is 0.250. The van der Waals surface area contributed by atoms with Gasteiger partial charge in [-0.3, -0.25) is 9.59 Å². The molecular formula is C24H25NO9. The van der Waals surface area contributed by atoms with E-state index in [1.807, 2.05) is 12.2 Å². The van der Waals surface area contributed by atoms with Crippen molar-refractivity contribution in [1.82, 2.24) is 0 Å². The van der Waals surface area contributed by atoms with Crippen LogP contribution in [0.4, 0.5) is 0 Å². The fourth-order valence-corrected chi connectivity index (χ4v) is 3.37. The maximum Gasteiger partial charge on any atom is 0.348 e. The van der Waals surface area contributed by atoms with Crippen LogP contribution in [0.1, 0.15) is 27.1 Å². The number of aliphatic hydroxyl groups excluding tert-OH is 1. The molecule has 3 rings (SSSR count). The lowest BCUT2D eigenvalue weighted by molar-refractivity contribution is -0.187. The van der Waals surface area contributed by atoms with Gasteiger partial charge in [-0.1, -0.05) is 72.8 Å². The molecule has 180 valence electrons. The summed E-state index contributed by atoms with van der Waals surface area (Å²) in [5, 5.41) is 48.4. The lowest BCUT2D eigenvalue weighted by atomic mass is 9.73. The van der Waals surface area contributed by atoms with Crippen molar-refractivity contribution in [3.63, 3.8) is 0 Å². The third-order valence-electron chi connectivity index (χ3n) is 5.31. The van der Waals surface area contributed by atoms with Crippen LogP contribution in [-0.4, -0.2) is 72.9 Å². The highest BCUT2D eigenvalue weighted by Gasteiger charge is 2.69. The Balaban J connectivity index is 0.000000430. The van der Waals surface area contributed by atoms with Crippen LogP contribution in [-0.2, 0) is 9.59 Å². The number of carbonyl (C=O) groups is 4. The Labute approximate surface area is 194 Å². The molecule has 0 aliphatic heterocycles. The number of benzene rings is 2. The van der Waals surface area contributed by atoms with Gasteiger partial charge in [0.2, 0.25) is 11.6 Å². The van der Waals surface area contributed by atoms with Crippen LogP contribution in [0.5, 0.6) is 0 Å². The van der Waals surface area contributed by atoms with Crippen molar-refractivity contribution < 1.29 is 44.7 Å². The predicted octanol–water partition coefficient (Wildman–Crippen LogP) is 0.266. The highest BCUT2D eigenvalue weighted by Crippen LogP contribution is 2.31. The largest absolute Gasteiger partial charge is 0.479 e. The van der Waals surface area contributed by atoms with Gasteiger partial charge in [0.25, 0.3) is 11.2 Å². The van der Waals surface area contributed by atoms with Gasteiger partial charge in [0.05, 0.1) is 0 Å². The molecule has 0 radical (unpaired) electrons. The average Bonchev–Trinajstić information content (AvgIpc) is 3.28. The number of carbonyl (C=O) groups excluding carboxylic acids is 2. The van der Waals surface area contributed by atoms with Crippen molar-refractivity contribution >= 4 is 23.5 Å². The number of aliphatic carboxylic acids is 2. The molecule has 0 saturated carbocycles. The van der Waals surface area contributed by atoms with Gasteiger partial charge in [0.1, 0.15) is 0 Å². The Morgan fingerprint density at radius 1 is 0.765 bits per heavy atom. The number of hydrogen-bond donors (Lipinski definition) is 6. The van der Waals surface area contributed by atoms with E-state index in [-0.39, 0.29) is 12.6 Å². The van der Waals surface area contributed by atoms with E-state index in [2.05, 4.69) is 0 Å². The van der Waals surface area contributed by atoms with Crippen LogP contribution in [0.2, 0.25) is 0 Å². The standard InChI is InChI=1S/C18H14O8.C6H11NO/c19-13(11-7-3-1-4-8-11)17(25,15(21)22)18(26,16(23)24)14(20)12-9-5-2-6-10-12;7-6-2-1-5(3-6)4-8/h1-10,25-26H,(H,21,22)(H,23,24);1-2,5-6,8H,3-4,7H2. The first-order valence-electron chi connectivity index (χ1n) is 10.2. The van der Waals surface area contributed by atoms with Crippen molar-refractivity contribution in [2.24, 2.45) is 11.7 Å². The molecule has 7 N–H and O–H groups in total. The lowest BCUT2D eigenvalue weighted by Crippen LogP contribution is -2.71.